The van der Waals surface area contributed by atoms with Crippen molar-refractivity contribution in [2.75, 3.05) is 44.8 Å². The fraction of sp³-hybridized carbons (Fsp3) is 0.733. The number of aryl methyl sites for hydroxylation is 2. The van der Waals surface area contributed by atoms with Gasteiger partial charge < -0.3 is 15.0 Å². The van der Waals surface area contributed by atoms with Crippen LogP contribution in [0, 0.1) is 13.8 Å². The predicted molar refractivity (Wildman–Crippen MR) is 83.5 cm³/mol. The fourth-order valence-electron chi connectivity index (χ4n) is 2.24. The van der Waals surface area contributed by atoms with Gasteiger partial charge in [-0.3, -0.25) is 0 Å². The van der Waals surface area contributed by atoms with Crippen molar-refractivity contribution in [1.82, 2.24) is 15.3 Å². The summed E-state index contributed by atoms with van der Waals surface area (Å²) in [5.74, 6) is 0.848. The number of aromatic nitrogens is 2. The summed E-state index contributed by atoms with van der Waals surface area (Å²) in [4.78, 5) is 11.5. The van der Waals surface area contributed by atoms with Crippen LogP contribution < -0.4 is 10.2 Å². The fourth-order valence-corrected chi connectivity index (χ4v) is 2.24. The van der Waals surface area contributed by atoms with Crippen molar-refractivity contribution in [3.63, 3.8) is 0 Å². The van der Waals surface area contributed by atoms with E-state index in [0.29, 0.717) is 0 Å². The molecular weight excluding hydrogens is 252 g/mol. The number of nitrogens with one attached hydrogen (secondary N) is 1. The van der Waals surface area contributed by atoms with Gasteiger partial charge in [-0.25, -0.2) is 9.97 Å². The maximum Gasteiger partial charge on any atom is 0.225 e. The normalized spacial score (nSPS) is 10.8. The molecule has 114 valence electrons. The molecule has 0 saturated carbocycles. The minimum Gasteiger partial charge on any atom is -0.383 e. The number of rotatable bonds is 9. The lowest BCUT2D eigenvalue weighted by atomic mass is 10.1. The van der Waals surface area contributed by atoms with Crippen molar-refractivity contribution in [3.05, 3.63) is 17.0 Å². The Labute approximate surface area is 122 Å². The second-order valence-corrected chi connectivity index (χ2v) is 4.84. The lowest BCUT2D eigenvalue weighted by molar-refractivity contribution is 0.199. The van der Waals surface area contributed by atoms with Crippen LogP contribution in [0.15, 0.2) is 0 Å². The van der Waals surface area contributed by atoms with Gasteiger partial charge in [-0.05, 0) is 46.2 Å². The molecule has 0 amide bonds. The molecule has 1 aromatic heterocycles. The van der Waals surface area contributed by atoms with Crippen LogP contribution in [0.4, 0.5) is 5.95 Å². The first kappa shape index (κ1) is 16.9. The first-order valence-corrected chi connectivity index (χ1v) is 7.42. The van der Waals surface area contributed by atoms with Crippen LogP contribution in [0.2, 0.25) is 0 Å². The molecule has 1 N–H and O–H groups in total. The summed E-state index contributed by atoms with van der Waals surface area (Å²) < 4.78 is 5.02. The first-order chi connectivity index (χ1) is 9.63. The SMILES string of the molecule is CCN(CC)c1nc(C)c(CCNCCOC)c(C)n1. The van der Waals surface area contributed by atoms with Crippen LogP contribution in [0.5, 0.6) is 0 Å². The van der Waals surface area contributed by atoms with Crippen LogP contribution in [0.25, 0.3) is 0 Å². The number of nitrogens with zero attached hydrogens (tertiary/aromatic N) is 3. The summed E-state index contributed by atoms with van der Waals surface area (Å²) >= 11 is 0. The summed E-state index contributed by atoms with van der Waals surface area (Å²) in [7, 11) is 1.72. The van der Waals surface area contributed by atoms with Gasteiger partial charge in [-0.2, -0.15) is 0 Å². The van der Waals surface area contributed by atoms with E-state index in [9.17, 15) is 0 Å². The third-order valence-corrected chi connectivity index (χ3v) is 3.49. The molecule has 0 bridgehead atoms. The molecule has 0 atom stereocenters. The van der Waals surface area contributed by atoms with E-state index in [2.05, 4.69) is 47.9 Å². The number of anilines is 1. The minimum absolute atomic E-state index is 0.745. The molecule has 0 radical (unpaired) electrons. The molecule has 0 unspecified atom stereocenters. The predicted octanol–water partition coefficient (Wildman–Crippen LogP) is 1.72. The van der Waals surface area contributed by atoms with Crippen molar-refractivity contribution in [3.8, 4) is 0 Å². The van der Waals surface area contributed by atoms with Gasteiger partial charge >= 0.3 is 0 Å². The molecule has 0 fully saturated rings. The summed E-state index contributed by atoms with van der Waals surface area (Å²) in [6.07, 6.45) is 0.958. The molecule has 0 spiro atoms. The van der Waals surface area contributed by atoms with Crippen molar-refractivity contribution in [1.29, 1.82) is 0 Å². The molecule has 0 aliphatic heterocycles. The molecule has 0 saturated heterocycles. The topological polar surface area (TPSA) is 50.3 Å². The molecule has 0 aliphatic carbocycles. The first-order valence-electron chi connectivity index (χ1n) is 7.42. The Hall–Kier alpha value is -1.20. The highest BCUT2D eigenvalue weighted by Crippen LogP contribution is 2.15. The zero-order valence-corrected chi connectivity index (χ0v) is 13.5. The van der Waals surface area contributed by atoms with E-state index >= 15 is 0 Å². The third kappa shape index (κ3) is 4.72. The van der Waals surface area contributed by atoms with E-state index in [1.54, 1.807) is 7.11 Å². The molecule has 20 heavy (non-hydrogen) atoms. The number of hydrogen-bond donors (Lipinski definition) is 1. The van der Waals surface area contributed by atoms with Gasteiger partial charge in [0, 0.05) is 38.1 Å². The molecule has 0 aliphatic rings. The van der Waals surface area contributed by atoms with Crippen LogP contribution in [-0.2, 0) is 11.2 Å². The summed E-state index contributed by atoms with van der Waals surface area (Å²) in [6, 6.07) is 0. The van der Waals surface area contributed by atoms with E-state index in [1.807, 2.05) is 0 Å². The zero-order chi connectivity index (χ0) is 15.0. The highest BCUT2D eigenvalue weighted by Gasteiger charge is 2.11. The number of ether oxygens (including phenoxy) is 1. The molecule has 5 heteroatoms. The Balaban J connectivity index is 2.69. The lowest BCUT2D eigenvalue weighted by Crippen LogP contribution is -2.26. The van der Waals surface area contributed by atoms with Crippen LogP contribution >= 0.6 is 0 Å². The van der Waals surface area contributed by atoms with E-state index in [-0.39, 0.29) is 0 Å². The van der Waals surface area contributed by atoms with Crippen LogP contribution in [0.3, 0.4) is 0 Å². The van der Waals surface area contributed by atoms with Crippen LogP contribution in [0.1, 0.15) is 30.8 Å². The summed E-state index contributed by atoms with van der Waals surface area (Å²) in [5.41, 5.74) is 3.44. The van der Waals surface area contributed by atoms with Gasteiger partial charge in [0.25, 0.3) is 0 Å². The second kappa shape index (κ2) is 8.87. The van der Waals surface area contributed by atoms with Crippen LogP contribution in [-0.4, -0.2) is 49.9 Å². The molecule has 5 nitrogen and oxygen atoms in total. The van der Waals surface area contributed by atoms with E-state index in [4.69, 9.17) is 4.74 Å². The van der Waals surface area contributed by atoms with Crippen molar-refractivity contribution >= 4 is 5.95 Å². The smallest absolute Gasteiger partial charge is 0.225 e. The van der Waals surface area contributed by atoms with Gasteiger partial charge in [0.05, 0.1) is 6.61 Å². The number of hydrogen-bond acceptors (Lipinski definition) is 5. The van der Waals surface area contributed by atoms with E-state index < -0.39 is 0 Å². The summed E-state index contributed by atoms with van der Waals surface area (Å²) in [5, 5.41) is 3.36. The Morgan fingerprint density at radius 1 is 1.05 bits per heavy atom. The highest BCUT2D eigenvalue weighted by atomic mass is 16.5. The minimum atomic E-state index is 0.745. The Bertz CT molecular complexity index is 382. The average molecular weight is 280 g/mol. The zero-order valence-electron chi connectivity index (χ0n) is 13.5. The molecule has 1 rings (SSSR count). The van der Waals surface area contributed by atoms with Crippen molar-refractivity contribution in [2.45, 2.75) is 34.1 Å². The van der Waals surface area contributed by atoms with Gasteiger partial charge in [0.15, 0.2) is 0 Å². The second-order valence-electron chi connectivity index (χ2n) is 4.84. The standard InChI is InChI=1S/C15H28N4O/c1-6-19(7-2)15-17-12(3)14(13(4)18-15)8-9-16-10-11-20-5/h16H,6-11H2,1-5H3. The maximum atomic E-state index is 5.02. The Morgan fingerprint density at radius 3 is 2.15 bits per heavy atom. The van der Waals surface area contributed by atoms with Crippen molar-refractivity contribution < 1.29 is 4.74 Å². The molecule has 0 aromatic carbocycles. The van der Waals surface area contributed by atoms with Gasteiger partial charge in [0.1, 0.15) is 0 Å². The van der Waals surface area contributed by atoms with E-state index in [1.165, 1.54) is 5.56 Å². The quantitative estimate of drug-likeness (QED) is 0.698. The van der Waals surface area contributed by atoms with Crippen molar-refractivity contribution in [2.24, 2.45) is 0 Å². The monoisotopic (exact) mass is 280 g/mol. The highest BCUT2D eigenvalue weighted by molar-refractivity contribution is 5.36. The van der Waals surface area contributed by atoms with Gasteiger partial charge in [-0.15, -0.1) is 0 Å². The third-order valence-electron chi connectivity index (χ3n) is 3.49. The molecule has 1 aromatic rings. The van der Waals surface area contributed by atoms with Gasteiger partial charge in [0.2, 0.25) is 5.95 Å². The maximum absolute atomic E-state index is 5.02. The molecular formula is C15H28N4O. The number of methoxy groups -OCH3 is 1. The largest absolute Gasteiger partial charge is 0.383 e. The van der Waals surface area contributed by atoms with E-state index in [0.717, 1.165) is 56.5 Å². The van der Waals surface area contributed by atoms with Gasteiger partial charge in [-0.1, -0.05) is 0 Å². The Kier molecular flexibility index (Phi) is 7.47. The Morgan fingerprint density at radius 2 is 1.65 bits per heavy atom. The lowest BCUT2D eigenvalue weighted by Gasteiger charge is -2.20. The molecule has 1 heterocycles. The summed E-state index contributed by atoms with van der Waals surface area (Å²) in [6.45, 7) is 12.8. The average Bonchev–Trinajstić information content (AvgIpc) is 2.42.